The van der Waals surface area contributed by atoms with Gasteiger partial charge in [-0.1, -0.05) is 29.3 Å². The minimum Gasteiger partial charge on any atom is -0.508 e. The van der Waals surface area contributed by atoms with Gasteiger partial charge in [0.1, 0.15) is 16.6 Å². The highest BCUT2D eigenvalue weighted by molar-refractivity contribution is 6.41. The third-order valence-corrected chi connectivity index (χ3v) is 3.13. The van der Waals surface area contributed by atoms with E-state index in [2.05, 4.69) is 10.3 Å². The van der Waals surface area contributed by atoms with Crippen LogP contribution in [0.3, 0.4) is 0 Å². The van der Waals surface area contributed by atoms with Gasteiger partial charge in [-0.05, 0) is 24.6 Å². The maximum Gasteiger partial charge on any atom is 0.272 e. The summed E-state index contributed by atoms with van der Waals surface area (Å²) in [4.78, 5) is 14.5. The summed E-state index contributed by atoms with van der Waals surface area (Å²) < 4.78 is 0. The van der Waals surface area contributed by atoms with Gasteiger partial charge in [0.25, 0.3) is 5.91 Å². The molecule has 4 nitrogen and oxygen atoms in total. The summed E-state index contributed by atoms with van der Waals surface area (Å²) in [6.45, 7) is 1.77. The molecule has 94 valence electrons. The van der Waals surface area contributed by atoms with Crippen molar-refractivity contribution < 1.29 is 9.90 Å². The van der Waals surface area contributed by atoms with Gasteiger partial charge >= 0.3 is 0 Å². The molecular weight excluding hydrogens is 275 g/mol. The Morgan fingerprint density at radius 1 is 1.33 bits per heavy atom. The number of halogens is 2. The number of carbonyl (C=O) groups is 1. The van der Waals surface area contributed by atoms with Crippen molar-refractivity contribution in [2.45, 2.75) is 6.92 Å². The number of aromatic hydroxyl groups is 1. The van der Waals surface area contributed by atoms with Gasteiger partial charge in [-0.25, -0.2) is 0 Å². The third kappa shape index (κ3) is 2.60. The predicted octanol–water partition coefficient (Wildman–Crippen LogP) is 3.59. The molecule has 1 aromatic heterocycles. The maximum absolute atomic E-state index is 11.8. The van der Waals surface area contributed by atoms with E-state index in [-0.39, 0.29) is 27.5 Å². The first-order chi connectivity index (χ1) is 8.47. The zero-order chi connectivity index (χ0) is 13.3. The summed E-state index contributed by atoms with van der Waals surface area (Å²) in [6.07, 6.45) is 0. The summed E-state index contributed by atoms with van der Waals surface area (Å²) >= 11 is 11.5. The number of carbonyl (C=O) groups excluding carboxylic acids is 1. The number of anilines is 1. The number of phenols is 1. The van der Waals surface area contributed by atoms with Crippen LogP contribution in [0.1, 0.15) is 16.1 Å². The van der Waals surface area contributed by atoms with Crippen LogP contribution in [0.15, 0.2) is 24.3 Å². The molecule has 0 atom stereocenters. The van der Waals surface area contributed by atoms with E-state index in [1.807, 2.05) is 0 Å². The molecule has 0 spiro atoms. The number of rotatable bonds is 2. The van der Waals surface area contributed by atoms with Crippen molar-refractivity contribution in [2.75, 3.05) is 5.32 Å². The second-order valence-corrected chi connectivity index (χ2v) is 4.59. The topological polar surface area (TPSA) is 65.1 Å². The monoisotopic (exact) mass is 284 g/mol. The van der Waals surface area contributed by atoms with Gasteiger partial charge in [0.15, 0.2) is 0 Å². The number of phenolic OH excluding ortho intramolecular Hbond substituents is 1. The summed E-state index contributed by atoms with van der Waals surface area (Å²) in [7, 11) is 0. The number of aromatic amines is 1. The Kier molecular flexibility index (Phi) is 3.50. The first kappa shape index (κ1) is 12.8. The van der Waals surface area contributed by atoms with Crippen LogP contribution in [0.2, 0.25) is 10.2 Å². The molecule has 1 aromatic carbocycles. The Labute approximate surface area is 114 Å². The van der Waals surface area contributed by atoms with Crippen LogP contribution in [0.5, 0.6) is 5.75 Å². The fourth-order valence-electron chi connectivity index (χ4n) is 1.41. The molecule has 3 N–H and O–H groups in total. The highest BCUT2D eigenvalue weighted by Gasteiger charge is 2.12. The van der Waals surface area contributed by atoms with E-state index < -0.39 is 0 Å². The van der Waals surface area contributed by atoms with E-state index >= 15 is 0 Å². The van der Waals surface area contributed by atoms with Crippen molar-refractivity contribution in [3.63, 3.8) is 0 Å². The molecule has 0 aliphatic rings. The number of hydrogen-bond donors (Lipinski definition) is 3. The van der Waals surface area contributed by atoms with E-state index in [1.54, 1.807) is 19.1 Å². The average molecular weight is 285 g/mol. The van der Waals surface area contributed by atoms with E-state index in [9.17, 15) is 9.90 Å². The van der Waals surface area contributed by atoms with E-state index in [0.29, 0.717) is 5.69 Å². The van der Waals surface area contributed by atoms with Crippen LogP contribution < -0.4 is 5.32 Å². The number of H-pyrrole nitrogens is 1. The Hall–Kier alpha value is -1.65. The van der Waals surface area contributed by atoms with Gasteiger partial charge < -0.3 is 15.4 Å². The lowest BCUT2D eigenvalue weighted by molar-refractivity contribution is 0.102. The average Bonchev–Trinajstić information content (AvgIpc) is 2.65. The second kappa shape index (κ2) is 4.92. The van der Waals surface area contributed by atoms with Crippen LogP contribution in [0, 0.1) is 6.92 Å². The van der Waals surface area contributed by atoms with Crippen molar-refractivity contribution in [3.8, 4) is 5.75 Å². The zero-order valence-electron chi connectivity index (χ0n) is 9.42. The van der Waals surface area contributed by atoms with Crippen molar-refractivity contribution in [2.24, 2.45) is 0 Å². The highest BCUT2D eigenvalue weighted by Crippen LogP contribution is 2.24. The first-order valence-corrected chi connectivity index (χ1v) is 5.88. The summed E-state index contributed by atoms with van der Waals surface area (Å²) in [5.74, 6) is -0.262. The van der Waals surface area contributed by atoms with Gasteiger partial charge in [-0.15, -0.1) is 0 Å². The molecule has 0 radical (unpaired) electrons. The van der Waals surface area contributed by atoms with Gasteiger partial charge in [0, 0.05) is 11.8 Å². The Morgan fingerprint density at radius 2 is 2.06 bits per heavy atom. The number of benzene rings is 1. The van der Waals surface area contributed by atoms with Gasteiger partial charge in [-0.3, -0.25) is 4.79 Å². The number of aryl methyl sites for hydroxylation is 1. The molecule has 0 fully saturated rings. The Balaban J connectivity index is 2.18. The zero-order valence-corrected chi connectivity index (χ0v) is 10.9. The smallest absolute Gasteiger partial charge is 0.272 e. The van der Waals surface area contributed by atoms with E-state index in [0.717, 1.165) is 5.56 Å². The minimum atomic E-state index is -0.382. The molecule has 6 heteroatoms. The molecule has 0 unspecified atom stereocenters. The molecule has 1 heterocycles. The van der Waals surface area contributed by atoms with Gasteiger partial charge in [0.05, 0.1) is 5.02 Å². The molecule has 0 bridgehead atoms. The highest BCUT2D eigenvalue weighted by atomic mass is 35.5. The largest absolute Gasteiger partial charge is 0.508 e. The molecular formula is C12H10Cl2N2O2. The molecule has 0 aliphatic carbocycles. The van der Waals surface area contributed by atoms with Crippen LogP contribution in [0.25, 0.3) is 0 Å². The maximum atomic E-state index is 11.8. The normalized spacial score (nSPS) is 10.4. The Morgan fingerprint density at radius 3 is 2.61 bits per heavy atom. The first-order valence-electron chi connectivity index (χ1n) is 5.12. The molecule has 0 saturated heterocycles. The van der Waals surface area contributed by atoms with Crippen molar-refractivity contribution in [1.29, 1.82) is 0 Å². The molecule has 0 saturated carbocycles. The third-order valence-electron chi connectivity index (χ3n) is 2.44. The second-order valence-electron chi connectivity index (χ2n) is 3.80. The van der Waals surface area contributed by atoms with Crippen LogP contribution in [-0.2, 0) is 0 Å². The van der Waals surface area contributed by atoms with Crippen LogP contribution in [0.4, 0.5) is 5.69 Å². The summed E-state index contributed by atoms with van der Waals surface area (Å²) in [5.41, 5.74) is 1.48. The quantitative estimate of drug-likeness (QED) is 0.789. The van der Waals surface area contributed by atoms with Gasteiger partial charge in [0.2, 0.25) is 0 Å². The molecule has 2 rings (SSSR count). The standard InChI is InChI=1S/C12H10Cl2N2O2/c1-6-2-3-7(4-10(6)17)15-12(18)9-5-8(13)11(14)16-9/h2-5,16-17H,1H3,(H,15,18). The summed E-state index contributed by atoms with van der Waals surface area (Å²) in [6, 6.07) is 6.31. The number of amides is 1. The minimum absolute atomic E-state index is 0.121. The van der Waals surface area contributed by atoms with Crippen molar-refractivity contribution >= 4 is 34.8 Å². The molecule has 2 aromatic rings. The van der Waals surface area contributed by atoms with Crippen LogP contribution in [-0.4, -0.2) is 16.0 Å². The molecule has 1 amide bonds. The lowest BCUT2D eigenvalue weighted by Gasteiger charge is -2.05. The van der Waals surface area contributed by atoms with E-state index in [1.165, 1.54) is 12.1 Å². The SMILES string of the molecule is Cc1ccc(NC(=O)c2cc(Cl)c(Cl)[nH]2)cc1O. The number of hydrogen-bond acceptors (Lipinski definition) is 2. The van der Waals surface area contributed by atoms with Crippen molar-refractivity contribution in [1.82, 2.24) is 4.98 Å². The van der Waals surface area contributed by atoms with Gasteiger partial charge in [-0.2, -0.15) is 0 Å². The summed E-state index contributed by atoms with van der Waals surface area (Å²) in [5, 5.41) is 12.7. The molecule has 0 aliphatic heterocycles. The lowest BCUT2D eigenvalue weighted by Crippen LogP contribution is -2.12. The predicted molar refractivity (Wildman–Crippen MR) is 71.6 cm³/mol. The van der Waals surface area contributed by atoms with Crippen LogP contribution >= 0.6 is 23.2 Å². The fraction of sp³-hybridized carbons (Fsp3) is 0.0833. The van der Waals surface area contributed by atoms with E-state index in [4.69, 9.17) is 23.2 Å². The lowest BCUT2D eigenvalue weighted by atomic mass is 10.2. The number of nitrogens with one attached hydrogen (secondary N) is 2. The van der Waals surface area contributed by atoms with Crippen molar-refractivity contribution in [3.05, 3.63) is 45.7 Å². The fourth-order valence-corrected chi connectivity index (χ4v) is 1.72. The number of aromatic nitrogens is 1. The Bertz CT molecular complexity index is 589. The molecule has 18 heavy (non-hydrogen) atoms.